The molecule has 0 aliphatic carbocycles. The standard InChI is InChI=1S/C40H78NO10P/c1-3-5-7-9-11-13-14-15-16-17-18-19-20-21-22-24-26-28-30-32-39(44)49-33-36(42)34-50-52(47,48)51-35-37(40(45)46)41-38(43)31-29-27-25-23-12-10-8-6-4-2/h36-37,42H,3-35H2,1-2H3,(H,41,43)(H,45,46)(H,47,48). The summed E-state index contributed by atoms with van der Waals surface area (Å²) in [6, 6.07) is -1.54. The highest BCUT2D eigenvalue weighted by Gasteiger charge is 2.28. The first-order valence-electron chi connectivity index (χ1n) is 21.1. The van der Waals surface area contributed by atoms with Crippen LogP contribution < -0.4 is 5.32 Å². The van der Waals surface area contributed by atoms with Crippen LogP contribution in [0.4, 0.5) is 0 Å². The number of carbonyl (C=O) groups excluding carboxylic acids is 2. The number of aliphatic hydroxyl groups is 1. The first-order chi connectivity index (χ1) is 25.1. The molecule has 0 radical (unpaired) electrons. The lowest BCUT2D eigenvalue weighted by molar-refractivity contribution is -0.147. The third kappa shape index (κ3) is 35.5. The summed E-state index contributed by atoms with van der Waals surface area (Å²) in [6.45, 7) is 2.57. The van der Waals surface area contributed by atoms with Crippen molar-refractivity contribution in [2.24, 2.45) is 0 Å². The second kappa shape index (κ2) is 36.5. The van der Waals surface area contributed by atoms with Gasteiger partial charge in [-0.15, -0.1) is 0 Å². The highest BCUT2D eigenvalue weighted by molar-refractivity contribution is 7.47. The lowest BCUT2D eigenvalue weighted by Gasteiger charge is -2.18. The molecule has 11 nitrogen and oxygen atoms in total. The van der Waals surface area contributed by atoms with Gasteiger partial charge in [0.05, 0.1) is 13.2 Å². The molecule has 3 unspecified atom stereocenters. The predicted molar refractivity (Wildman–Crippen MR) is 208 cm³/mol. The van der Waals surface area contributed by atoms with Gasteiger partial charge < -0.3 is 25.2 Å². The van der Waals surface area contributed by atoms with Crippen LogP contribution >= 0.6 is 7.82 Å². The highest BCUT2D eigenvalue weighted by atomic mass is 31.2. The Hall–Kier alpha value is -1.52. The maximum absolute atomic E-state index is 12.2. The Balaban J connectivity index is 3.81. The molecular formula is C40H78NO10P. The molecule has 3 atom stereocenters. The lowest BCUT2D eigenvalue weighted by Crippen LogP contribution is -2.43. The summed E-state index contributed by atoms with van der Waals surface area (Å²) in [5.41, 5.74) is 0. The number of ether oxygens (including phenoxy) is 1. The number of hydrogen-bond acceptors (Lipinski definition) is 8. The van der Waals surface area contributed by atoms with Crippen molar-refractivity contribution in [1.82, 2.24) is 5.32 Å². The molecule has 52 heavy (non-hydrogen) atoms. The second-order valence-corrected chi connectivity index (χ2v) is 16.0. The zero-order chi connectivity index (χ0) is 38.5. The van der Waals surface area contributed by atoms with E-state index in [2.05, 4.69) is 19.2 Å². The summed E-state index contributed by atoms with van der Waals surface area (Å²) in [4.78, 5) is 45.7. The Labute approximate surface area is 316 Å². The first kappa shape index (κ1) is 50.5. The van der Waals surface area contributed by atoms with Gasteiger partial charge in [0.15, 0.2) is 6.04 Å². The van der Waals surface area contributed by atoms with Gasteiger partial charge >= 0.3 is 19.8 Å². The van der Waals surface area contributed by atoms with Crippen molar-refractivity contribution in [1.29, 1.82) is 0 Å². The van der Waals surface area contributed by atoms with Crippen LogP contribution in [0.1, 0.15) is 206 Å². The largest absolute Gasteiger partial charge is 0.480 e. The van der Waals surface area contributed by atoms with Gasteiger partial charge in [0.1, 0.15) is 12.7 Å². The van der Waals surface area contributed by atoms with E-state index in [1.165, 1.54) is 128 Å². The van der Waals surface area contributed by atoms with E-state index >= 15 is 0 Å². The smallest absolute Gasteiger partial charge is 0.472 e. The molecule has 0 aliphatic heterocycles. The number of aliphatic hydroxyl groups excluding tert-OH is 1. The Bertz CT molecular complexity index is 906. The molecule has 0 aromatic heterocycles. The van der Waals surface area contributed by atoms with E-state index in [4.69, 9.17) is 13.8 Å². The van der Waals surface area contributed by atoms with Crippen molar-refractivity contribution >= 4 is 25.7 Å². The quantitative estimate of drug-likeness (QED) is 0.0268. The molecular weight excluding hydrogens is 685 g/mol. The van der Waals surface area contributed by atoms with E-state index in [-0.39, 0.29) is 12.8 Å². The number of amides is 1. The van der Waals surface area contributed by atoms with Gasteiger partial charge in [-0.05, 0) is 12.8 Å². The van der Waals surface area contributed by atoms with Crippen LogP contribution in [0.5, 0.6) is 0 Å². The Morgan fingerprint density at radius 2 is 0.885 bits per heavy atom. The van der Waals surface area contributed by atoms with Crippen molar-refractivity contribution in [2.45, 2.75) is 219 Å². The summed E-state index contributed by atoms with van der Waals surface area (Å²) >= 11 is 0. The number of phosphoric acid groups is 1. The average Bonchev–Trinajstić information content (AvgIpc) is 3.11. The monoisotopic (exact) mass is 764 g/mol. The third-order valence-electron chi connectivity index (χ3n) is 9.40. The van der Waals surface area contributed by atoms with E-state index in [1.807, 2.05) is 0 Å². The Kier molecular flexibility index (Phi) is 35.4. The molecule has 0 saturated carbocycles. The van der Waals surface area contributed by atoms with Crippen molar-refractivity contribution in [2.75, 3.05) is 19.8 Å². The van der Waals surface area contributed by atoms with E-state index in [0.717, 1.165) is 38.5 Å². The topological polar surface area (TPSA) is 169 Å². The fraction of sp³-hybridized carbons (Fsp3) is 0.925. The Morgan fingerprint density at radius 1 is 0.538 bits per heavy atom. The van der Waals surface area contributed by atoms with Gasteiger partial charge in [0.25, 0.3) is 0 Å². The number of aliphatic carboxylic acids is 1. The maximum Gasteiger partial charge on any atom is 0.472 e. The minimum absolute atomic E-state index is 0.150. The fourth-order valence-electron chi connectivity index (χ4n) is 6.08. The van der Waals surface area contributed by atoms with Gasteiger partial charge in [-0.1, -0.05) is 181 Å². The van der Waals surface area contributed by atoms with Crippen LogP contribution in [0.15, 0.2) is 0 Å². The molecule has 0 fully saturated rings. The minimum Gasteiger partial charge on any atom is -0.480 e. The molecule has 0 heterocycles. The Morgan fingerprint density at radius 3 is 1.27 bits per heavy atom. The summed E-state index contributed by atoms with van der Waals surface area (Å²) in [5, 5.41) is 21.7. The number of carboxylic acid groups (broad SMARTS) is 1. The average molecular weight is 764 g/mol. The molecule has 0 aliphatic rings. The van der Waals surface area contributed by atoms with Crippen LogP contribution in [0.2, 0.25) is 0 Å². The van der Waals surface area contributed by atoms with Crippen molar-refractivity contribution in [3.05, 3.63) is 0 Å². The molecule has 0 aromatic rings. The summed E-state index contributed by atoms with van der Waals surface area (Å²) < 4.78 is 26.7. The lowest BCUT2D eigenvalue weighted by atomic mass is 10.0. The number of nitrogens with one attached hydrogen (secondary N) is 1. The zero-order valence-corrected chi connectivity index (χ0v) is 34.0. The predicted octanol–water partition coefficient (Wildman–Crippen LogP) is 10.3. The fourth-order valence-corrected chi connectivity index (χ4v) is 6.85. The molecule has 12 heteroatoms. The van der Waals surface area contributed by atoms with Crippen LogP contribution in [-0.2, 0) is 32.7 Å². The molecule has 0 bridgehead atoms. The normalized spacial score (nSPS) is 13.8. The maximum atomic E-state index is 12.2. The minimum atomic E-state index is -4.74. The first-order valence-corrected chi connectivity index (χ1v) is 22.6. The van der Waals surface area contributed by atoms with E-state index in [0.29, 0.717) is 12.8 Å². The molecule has 0 saturated heterocycles. The molecule has 0 aromatic carbocycles. The van der Waals surface area contributed by atoms with Crippen molar-refractivity contribution in [3.63, 3.8) is 0 Å². The molecule has 1 amide bonds. The highest BCUT2D eigenvalue weighted by Crippen LogP contribution is 2.43. The SMILES string of the molecule is CCCCCCCCCCCCCCCCCCCCCC(=O)OCC(O)COP(=O)(O)OCC(NC(=O)CCCCCCCCCCC)C(=O)O. The number of phosphoric ester groups is 1. The van der Waals surface area contributed by atoms with Crippen molar-refractivity contribution in [3.8, 4) is 0 Å². The molecule has 308 valence electrons. The second-order valence-electron chi connectivity index (χ2n) is 14.5. The van der Waals surface area contributed by atoms with Crippen molar-refractivity contribution < 1.29 is 47.8 Å². The van der Waals surface area contributed by atoms with Gasteiger partial charge in [-0.2, -0.15) is 0 Å². The molecule has 0 spiro atoms. The summed E-state index contributed by atoms with van der Waals surface area (Å²) in [6.07, 6.45) is 32.9. The zero-order valence-electron chi connectivity index (χ0n) is 33.1. The summed E-state index contributed by atoms with van der Waals surface area (Å²) in [5.74, 6) is -2.36. The van der Waals surface area contributed by atoms with Gasteiger partial charge in [-0.25, -0.2) is 9.36 Å². The van der Waals surface area contributed by atoms with Gasteiger partial charge in [-0.3, -0.25) is 18.6 Å². The third-order valence-corrected chi connectivity index (χ3v) is 10.3. The number of carboxylic acids is 1. The van der Waals surface area contributed by atoms with Crippen LogP contribution in [0, 0.1) is 0 Å². The number of hydrogen-bond donors (Lipinski definition) is 4. The van der Waals surface area contributed by atoms with Crippen LogP contribution in [0.3, 0.4) is 0 Å². The number of esters is 1. The molecule has 4 N–H and O–H groups in total. The summed E-state index contributed by atoms with van der Waals surface area (Å²) in [7, 11) is -4.74. The number of rotatable bonds is 40. The van der Waals surface area contributed by atoms with Crippen LogP contribution in [-0.4, -0.2) is 64.9 Å². The van der Waals surface area contributed by atoms with Gasteiger partial charge in [0.2, 0.25) is 5.91 Å². The van der Waals surface area contributed by atoms with Crippen LogP contribution in [0.25, 0.3) is 0 Å². The van der Waals surface area contributed by atoms with E-state index < -0.39 is 57.6 Å². The van der Waals surface area contributed by atoms with E-state index in [1.54, 1.807) is 0 Å². The number of carbonyl (C=O) groups is 3. The molecule has 0 rings (SSSR count). The van der Waals surface area contributed by atoms with Gasteiger partial charge in [0, 0.05) is 12.8 Å². The van der Waals surface area contributed by atoms with E-state index in [9.17, 15) is 34.1 Å². The number of unbranched alkanes of at least 4 members (excludes halogenated alkanes) is 26.